The summed E-state index contributed by atoms with van der Waals surface area (Å²) in [6.07, 6.45) is 1.99. The summed E-state index contributed by atoms with van der Waals surface area (Å²) in [7, 11) is -6.83. The number of nitrogens with two attached hydrogens (primary N) is 1. The molecule has 0 radical (unpaired) electrons. The highest BCUT2D eigenvalue weighted by atomic mass is 35.5. The second-order valence-electron chi connectivity index (χ2n) is 4.41. The molecule has 7 nitrogen and oxygen atoms in total. The minimum absolute atomic E-state index is 0. The minimum atomic E-state index is -3.49. The van der Waals surface area contributed by atoms with E-state index in [0.29, 0.717) is 5.92 Å². The van der Waals surface area contributed by atoms with Crippen molar-refractivity contribution in [2.45, 2.75) is 25.8 Å². The van der Waals surface area contributed by atoms with Gasteiger partial charge in [-0.05, 0) is 25.7 Å². The lowest BCUT2D eigenvalue weighted by Gasteiger charge is -2.16. The Morgan fingerprint density at radius 2 is 1.79 bits per heavy atom. The zero-order valence-electron chi connectivity index (χ0n) is 10.8. The van der Waals surface area contributed by atoms with Crippen molar-refractivity contribution in [1.29, 1.82) is 0 Å². The summed E-state index contributed by atoms with van der Waals surface area (Å²) in [5.41, 5.74) is 5.50. The number of hydrogen-bond donors (Lipinski definition) is 3. The van der Waals surface area contributed by atoms with Crippen LogP contribution in [0.4, 0.5) is 0 Å². The number of rotatable bonds is 9. The van der Waals surface area contributed by atoms with E-state index in [0.717, 1.165) is 12.8 Å². The molecule has 1 unspecified atom stereocenters. The van der Waals surface area contributed by atoms with Gasteiger partial charge < -0.3 is 5.73 Å². The Labute approximate surface area is 121 Å². The second-order valence-corrected chi connectivity index (χ2v) is 8.38. The summed E-state index contributed by atoms with van der Waals surface area (Å²) in [6.45, 7) is 1.64. The Kier molecular flexibility index (Phi) is 7.78. The third kappa shape index (κ3) is 7.42. The van der Waals surface area contributed by atoms with Crippen LogP contribution in [0.15, 0.2) is 0 Å². The fraction of sp³-hybridized carbons (Fsp3) is 1.00. The molecule has 0 bridgehead atoms. The monoisotopic (exact) mass is 335 g/mol. The molecule has 1 aliphatic carbocycles. The first-order chi connectivity index (χ1) is 8.29. The van der Waals surface area contributed by atoms with Crippen LogP contribution < -0.4 is 15.2 Å². The van der Waals surface area contributed by atoms with Gasteiger partial charge >= 0.3 is 0 Å². The van der Waals surface area contributed by atoms with Crippen LogP contribution in [0.3, 0.4) is 0 Å². The molecule has 0 aromatic heterocycles. The van der Waals surface area contributed by atoms with Gasteiger partial charge in [0.05, 0.1) is 11.5 Å². The first kappa shape index (κ1) is 19.1. The lowest BCUT2D eigenvalue weighted by molar-refractivity contribution is 0.518. The molecule has 1 rings (SSSR count). The van der Waals surface area contributed by atoms with Gasteiger partial charge in [0.15, 0.2) is 0 Å². The quantitative estimate of drug-likeness (QED) is 0.499. The van der Waals surface area contributed by atoms with Gasteiger partial charge in [0.25, 0.3) is 0 Å². The topological polar surface area (TPSA) is 118 Å². The molecular weight excluding hydrogens is 314 g/mol. The first-order valence-corrected chi connectivity index (χ1v) is 9.27. The molecule has 0 saturated heterocycles. The average molecular weight is 336 g/mol. The fourth-order valence-electron chi connectivity index (χ4n) is 1.56. The lowest BCUT2D eigenvalue weighted by atomic mass is 10.2. The number of nitrogens with one attached hydrogen (secondary N) is 2. The van der Waals surface area contributed by atoms with Gasteiger partial charge in [0.1, 0.15) is 0 Å². The summed E-state index contributed by atoms with van der Waals surface area (Å²) < 4.78 is 50.4. The van der Waals surface area contributed by atoms with Crippen molar-refractivity contribution in [2.75, 3.05) is 24.6 Å². The van der Waals surface area contributed by atoms with Crippen LogP contribution in [-0.4, -0.2) is 47.5 Å². The SMILES string of the molecule is CCS(=O)(=O)NCCS(=O)(=O)NC(CN)C1CC1.Cl. The maximum absolute atomic E-state index is 11.7. The van der Waals surface area contributed by atoms with Crippen LogP contribution in [-0.2, 0) is 20.0 Å². The van der Waals surface area contributed by atoms with Gasteiger partial charge in [-0.1, -0.05) is 0 Å². The molecule has 1 fully saturated rings. The van der Waals surface area contributed by atoms with Gasteiger partial charge in [-0.3, -0.25) is 0 Å². The Balaban J connectivity index is 0.00000324. The Bertz CT molecular complexity index is 462. The molecule has 1 aliphatic rings. The van der Waals surface area contributed by atoms with Crippen molar-refractivity contribution in [2.24, 2.45) is 11.7 Å². The zero-order chi connectivity index (χ0) is 13.8. The van der Waals surface area contributed by atoms with Gasteiger partial charge in [-0.15, -0.1) is 12.4 Å². The highest BCUT2D eigenvalue weighted by Gasteiger charge is 2.32. The van der Waals surface area contributed by atoms with Crippen molar-refractivity contribution < 1.29 is 16.8 Å². The summed E-state index contributed by atoms with van der Waals surface area (Å²) in [5.74, 6) is 0.000721. The van der Waals surface area contributed by atoms with Crippen LogP contribution >= 0.6 is 12.4 Å². The number of sulfonamides is 2. The van der Waals surface area contributed by atoms with E-state index in [4.69, 9.17) is 5.73 Å². The van der Waals surface area contributed by atoms with E-state index in [1.54, 1.807) is 0 Å². The van der Waals surface area contributed by atoms with Crippen molar-refractivity contribution >= 4 is 32.5 Å². The summed E-state index contributed by atoms with van der Waals surface area (Å²) >= 11 is 0. The van der Waals surface area contributed by atoms with E-state index in [2.05, 4.69) is 9.44 Å². The Morgan fingerprint density at radius 3 is 2.21 bits per heavy atom. The highest BCUT2D eigenvalue weighted by molar-refractivity contribution is 7.90. The molecular formula is C9H22ClN3O4S2. The largest absolute Gasteiger partial charge is 0.329 e. The maximum Gasteiger partial charge on any atom is 0.213 e. The van der Waals surface area contributed by atoms with E-state index in [-0.39, 0.29) is 43.0 Å². The van der Waals surface area contributed by atoms with E-state index < -0.39 is 20.0 Å². The molecule has 1 atom stereocenters. The highest BCUT2D eigenvalue weighted by Crippen LogP contribution is 2.32. The fourth-order valence-corrected chi connectivity index (χ4v) is 3.54. The van der Waals surface area contributed by atoms with Crippen molar-refractivity contribution in [1.82, 2.24) is 9.44 Å². The molecule has 116 valence electrons. The Morgan fingerprint density at radius 1 is 1.21 bits per heavy atom. The minimum Gasteiger partial charge on any atom is -0.329 e. The predicted molar refractivity (Wildman–Crippen MR) is 77.2 cm³/mol. The van der Waals surface area contributed by atoms with Crippen LogP contribution in [0.2, 0.25) is 0 Å². The maximum atomic E-state index is 11.7. The van der Waals surface area contributed by atoms with Crippen LogP contribution in [0, 0.1) is 5.92 Å². The molecule has 0 heterocycles. The molecule has 10 heteroatoms. The van der Waals surface area contributed by atoms with E-state index in [9.17, 15) is 16.8 Å². The molecule has 0 amide bonds. The van der Waals surface area contributed by atoms with E-state index >= 15 is 0 Å². The van der Waals surface area contributed by atoms with E-state index in [1.165, 1.54) is 6.92 Å². The van der Waals surface area contributed by atoms with Crippen LogP contribution in [0.25, 0.3) is 0 Å². The zero-order valence-corrected chi connectivity index (χ0v) is 13.3. The third-order valence-electron chi connectivity index (χ3n) is 2.85. The molecule has 0 spiro atoms. The first-order valence-electron chi connectivity index (χ1n) is 5.97. The van der Waals surface area contributed by atoms with Gasteiger partial charge in [-0.2, -0.15) is 0 Å². The van der Waals surface area contributed by atoms with Gasteiger partial charge in [-0.25, -0.2) is 26.3 Å². The number of hydrogen-bond acceptors (Lipinski definition) is 5. The average Bonchev–Trinajstić information content (AvgIpc) is 3.09. The predicted octanol–water partition coefficient (Wildman–Crippen LogP) is -0.996. The lowest BCUT2D eigenvalue weighted by Crippen LogP contribution is -2.44. The van der Waals surface area contributed by atoms with Crippen LogP contribution in [0.5, 0.6) is 0 Å². The van der Waals surface area contributed by atoms with Gasteiger partial charge in [0.2, 0.25) is 20.0 Å². The molecule has 0 aromatic carbocycles. The molecule has 0 aromatic rings. The normalized spacial score (nSPS) is 17.8. The number of halogens is 1. The second kappa shape index (κ2) is 7.75. The standard InChI is InChI=1S/C9H21N3O4S2.ClH/c1-2-17(13,14)11-5-6-18(15,16)12-9(7-10)8-3-4-8;/h8-9,11-12H,2-7,10H2,1H3;1H. The summed E-state index contributed by atoms with van der Waals surface area (Å²) in [4.78, 5) is 0. The van der Waals surface area contributed by atoms with Crippen molar-refractivity contribution in [3.05, 3.63) is 0 Å². The van der Waals surface area contributed by atoms with Crippen LogP contribution in [0.1, 0.15) is 19.8 Å². The van der Waals surface area contributed by atoms with Crippen molar-refractivity contribution in [3.63, 3.8) is 0 Å². The Hall–Kier alpha value is 0.0700. The summed E-state index contributed by atoms with van der Waals surface area (Å²) in [5, 5.41) is 0. The molecule has 1 saturated carbocycles. The third-order valence-corrected chi connectivity index (χ3v) is 5.66. The summed E-state index contributed by atoms with van der Waals surface area (Å²) in [6, 6.07) is -0.224. The van der Waals surface area contributed by atoms with E-state index in [1.807, 2.05) is 0 Å². The molecule has 0 aliphatic heterocycles. The van der Waals surface area contributed by atoms with Crippen molar-refractivity contribution in [3.8, 4) is 0 Å². The molecule has 19 heavy (non-hydrogen) atoms. The smallest absolute Gasteiger partial charge is 0.213 e. The molecule has 4 N–H and O–H groups in total. The van der Waals surface area contributed by atoms with Gasteiger partial charge in [0, 0.05) is 19.1 Å².